The molecule has 0 aliphatic rings. The highest BCUT2D eigenvalue weighted by atomic mass is 32.1. The van der Waals surface area contributed by atoms with Gasteiger partial charge in [-0.25, -0.2) is 9.97 Å². The molecule has 1 N–H and O–H groups in total. The molecule has 0 saturated heterocycles. The van der Waals surface area contributed by atoms with Crippen LogP contribution >= 0.6 is 11.3 Å². The summed E-state index contributed by atoms with van der Waals surface area (Å²) >= 11 is 1.62. The zero-order valence-electron chi connectivity index (χ0n) is 11.8. The second-order valence-corrected chi connectivity index (χ2v) is 5.72. The zero-order chi connectivity index (χ0) is 13.9. The van der Waals surface area contributed by atoms with Crippen molar-refractivity contribution in [2.45, 2.75) is 46.1 Å². The van der Waals surface area contributed by atoms with Crippen LogP contribution in [0.3, 0.4) is 0 Å². The molecule has 0 unspecified atom stereocenters. The second-order valence-electron chi connectivity index (χ2n) is 4.82. The van der Waals surface area contributed by atoms with E-state index in [1.165, 1.54) is 0 Å². The largest absolute Gasteiger partial charge is 0.342 e. The fraction of sp³-hybridized carbons (Fsp3) is 0.538. The molecule has 0 aliphatic carbocycles. The lowest BCUT2D eigenvalue weighted by Crippen LogP contribution is -2.29. The number of hydrogen-bond donors (Lipinski definition) is 1. The Kier molecular flexibility index (Phi) is 4.09. The van der Waals surface area contributed by atoms with Gasteiger partial charge in [0.05, 0.1) is 16.9 Å². The third-order valence-electron chi connectivity index (χ3n) is 2.90. The molecule has 2 aromatic heterocycles. The van der Waals surface area contributed by atoms with Crippen LogP contribution in [0.15, 0.2) is 11.6 Å². The van der Waals surface area contributed by atoms with Gasteiger partial charge in [0.15, 0.2) is 0 Å². The van der Waals surface area contributed by atoms with E-state index in [0.717, 1.165) is 29.2 Å². The van der Waals surface area contributed by atoms with Crippen LogP contribution < -0.4 is 5.32 Å². The van der Waals surface area contributed by atoms with Crippen molar-refractivity contribution < 1.29 is 0 Å². The molecule has 0 spiro atoms. The Labute approximate surface area is 117 Å². The first kappa shape index (κ1) is 13.9. The Balaban J connectivity index is 2.24. The van der Waals surface area contributed by atoms with Gasteiger partial charge in [0.25, 0.3) is 0 Å². The van der Waals surface area contributed by atoms with E-state index < -0.39 is 0 Å². The lowest BCUT2D eigenvalue weighted by molar-refractivity contribution is 0.592. The van der Waals surface area contributed by atoms with Gasteiger partial charge in [0.2, 0.25) is 5.95 Å². The van der Waals surface area contributed by atoms with E-state index >= 15 is 0 Å². The number of hydrogen-bond acceptors (Lipinski definition) is 6. The van der Waals surface area contributed by atoms with Gasteiger partial charge >= 0.3 is 0 Å². The van der Waals surface area contributed by atoms with Crippen LogP contribution in [0.4, 0.5) is 5.95 Å². The molecule has 0 bridgehead atoms. The van der Waals surface area contributed by atoms with Crippen LogP contribution in [0.2, 0.25) is 0 Å². The lowest BCUT2D eigenvalue weighted by Gasteiger charge is -2.23. The maximum Gasteiger partial charge on any atom is 0.243 e. The van der Waals surface area contributed by atoms with Crippen molar-refractivity contribution >= 4 is 17.3 Å². The van der Waals surface area contributed by atoms with Gasteiger partial charge in [-0.3, -0.25) is 0 Å². The molecule has 0 amide bonds. The maximum absolute atomic E-state index is 4.55. The predicted molar refractivity (Wildman–Crippen MR) is 77.3 cm³/mol. The van der Waals surface area contributed by atoms with Crippen molar-refractivity contribution in [3.8, 4) is 0 Å². The van der Waals surface area contributed by atoms with Gasteiger partial charge in [-0.2, -0.15) is 5.10 Å². The van der Waals surface area contributed by atoms with E-state index in [-0.39, 0.29) is 5.54 Å². The molecule has 0 aliphatic heterocycles. The average Bonchev–Trinajstić information content (AvgIpc) is 2.93. The molecule has 2 rings (SSSR count). The lowest BCUT2D eigenvalue weighted by atomic mass is 10.1. The van der Waals surface area contributed by atoms with Crippen molar-refractivity contribution in [1.29, 1.82) is 0 Å². The topological polar surface area (TPSA) is 63.6 Å². The highest BCUT2D eigenvalue weighted by molar-refractivity contribution is 7.09. The number of aryl methyl sites for hydroxylation is 2. The fourth-order valence-electron chi connectivity index (χ4n) is 1.86. The minimum absolute atomic E-state index is 0.297. The minimum Gasteiger partial charge on any atom is -0.342 e. The first-order valence-electron chi connectivity index (χ1n) is 6.47. The Bertz CT molecular complexity index is 536. The third kappa shape index (κ3) is 3.07. The molecule has 6 heteroatoms. The number of aromatic nitrogens is 4. The van der Waals surface area contributed by atoms with Gasteiger partial charge < -0.3 is 5.32 Å². The maximum atomic E-state index is 4.55. The quantitative estimate of drug-likeness (QED) is 0.910. The number of nitrogens with zero attached hydrogens (tertiary/aromatic N) is 4. The van der Waals surface area contributed by atoms with Crippen LogP contribution in [-0.4, -0.2) is 20.2 Å². The summed E-state index contributed by atoms with van der Waals surface area (Å²) in [6.07, 6.45) is 3.53. The Morgan fingerprint density at radius 1 is 1.16 bits per heavy atom. The van der Waals surface area contributed by atoms with Gasteiger partial charge in [-0.15, -0.1) is 16.4 Å². The number of thiazole rings is 1. The highest BCUT2D eigenvalue weighted by Gasteiger charge is 2.24. The molecule has 0 fully saturated rings. The highest BCUT2D eigenvalue weighted by Crippen LogP contribution is 2.25. The summed E-state index contributed by atoms with van der Waals surface area (Å²) in [7, 11) is 0. The van der Waals surface area contributed by atoms with Crippen molar-refractivity contribution in [2.75, 3.05) is 5.32 Å². The van der Waals surface area contributed by atoms with Crippen molar-refractivity contribution in [3.63, 3.8) is 0 Å². The fourth-order valence-corrected chi connectivity index (χ4v) is 2.57. The summed E-state index contributed by atoms with van der Waals surface area (Å²) in [6, 6.07) is 0. The second kappa shape index (κ2) is 5.61. The van der Waals surface area contributed by atoms with Crippen molar-refractivity contribution in [1.82, 2.24) is 20.2 Å². The molecule has 0 radical (unpaired) electrons. The molecule has 0 saturated carbocycles. The van der Waals surface area contributed by atoms with Crippen molar-refractivity contribution in [2.24, 2.45) is 0 Å². The molecule has 2 heterocycles. The number of nitrogens with one attached hydrogen (secondary N) is 1. The van der Waals surface area contributed by atoms with Crippen molar-refractivity contribution in [3.05, 3.63) is 28.0 Å². The van der Waals surface area contributed by atoms with Gasteiger partial charge in [-0.05, 0) is 26.7 Å². The third-order valence-corrected chi connectivity index (χ3v) is 4.00. The van der Waals surface area contributed by atoms with E-state index in [0.29, 0.717) is 5.95 Å². The van der Waals surface area contributed by atoms with E-state index in [9.17, 15) is 0 Å². The Hall–Kier alpha value is -1.56. The van der Waals surface area contributed by atoms with Crippen LogP contribution in [0.5, 0.6) is 0 Å². The predicted octanol–water partition coefficient (Wildman–Crippen LogP) is 2.80. The molecule has 102 valence electrons. The smallest absolute Gasteiger partial charge is 0.243 e. The normalized spacial score (nSPS) is 11.6. The molecular weight excluding hydrogens is 258 g/mol. The Morgan fingerprint density at radius 2 is 1.89 bits per heavy atom. The number of anilines is 1. The van der Waals surface area contributed by atoms with Crippen LogP contribution in [-0.2, 0) is 18.4 Å². The molecule has 19 heavy (non-hydrogen) atoms. The monoisotopic (exact) mass is 277 g/mol. The molecule has 2 aromatic rings. The van der Waals surface area contributed by atoms with Crippen LogP contribution in [0, 0.1) is 0 Å². The molecule has 0 aromatic carbocycles. The summed E-state index contributed by atoms with van der Waals surface area (Å²) in [5.74, 6) is 0.564. The minimum atomic E-state index is -0.297. The van der Waals surface area contributed by atoms with E-state index in [4.69, 9.17) is 0 Å². The first-order valence-corrected chi connectivity index (χ1v) is 7.35. The summed E-state index contributed by atoms with van der Waals surface area (Å²) in [6.45, 7) is 8.28. The van der Waals surface area contributed by atoms with Gasteiger partial charge in [0, 0.05) is 11.6 Å². The molecule has 0 atom stereocenters. The average molecular weight is 277 g/mol. The zero-order valence-corrected chi connectivity index (χ0v) is 12.6. The Morgan fingerprint density at radius 3 is 2.47 bits per heavy atom. The molecule has 5 nitrogen and oxygen atoms in total. The SMILES string of the molecule is CCc1nnc(NC(C)(C)c2nccs2)nc1CC. The summed E-state index contributed by atoms with van der Waals surface area (Å²) in [4.78, 5) is 8.89. The van der Waals surface area contributed by atoms with E-state index in [1.807, 2.05) is 5.38 Å². The standard InChI is InChI=1S/C13H19N5S/c1-5-9-10(6-2)17-18-12(15-9)16-13(3,4)11-14-7-8-19-11/h7-8H,5-6H2,1-4H3,(H,15,16,18). The summed E-state index contributed by atoms with van der Waals surface area (Å²) in [5, 5.41) is 14.7. The van der Waals surface area contributed by atoms with Gasteiger partial charge in [0.1, 0.15) is 5.01 Å². The molecular formula is C13H19N5S. The summed E-state index contributed by atoms with van der Waals surface area (Å²) < 4.78 is 0. The summed E-state index contributed by atoms with van der Waals surface area (Å²) in [5.41, 5.74) is 1.68. The van der Waals surface area contributed by atoms with Crippen LogP contribution in [0.1, 0.15) is 44.1 Å². The van der Waals surface area contributed by atoms with Gasteiger partial charge in [-0.1, -0.05) is 13.8 Å². The van der Waals surface area contributed by atoms with Crippen LogP contribution in [0.25, 0.3) is 0 Å². The van der Waals surface area contributed by atoms with E-state index in [1.54, 1.807) is 17.5 Å². The van der Waals surface area contributed by atoms with E-state index in [2.05, 4.69) is 53.2 Å². The first-order chi connectivity index (χ1) is 9.06. The number of rotatable bonds is 5.